The summed E-state index contributed by atoms with van der Waals surface area (Å²) in [5, 5.41) is 2.62. The molecule has 276 valence electrons. The van der Waals surface area contributed by atoms with Crippen LogP contribution in [0.3, 0.4) is 0 Å². The molecule has 0 aliphatic carbocycles. The fourth-order valence-electron chi connectivity index (χ4n) is 5.51. The molecule has 0 spiro atoms. The maximum atomic E-state index is 13.8. The first-order chi connectivity index (χ1) is 24.3. The molecule has 1 fully saturated rings. The fraction of sp³-hybridized carbons (Fsp3) is 0.474. The van der Waals surface area contributed by atoms with Crippen LogP contribution in [0.15, 0.2) is 60.7 Å². The molecule has 2 unspecified atom stereocenters. The molecule has 2 heterocycles. The molecule has 1 amide bonds. The standard InChI is InChI=1S/C38H47NO12/c1-23-16-17-31(49-36(42)27-12-9-8-10-13-27)35-32(50-38(5,6)51-35)15-11-14-28-18-29(45-21-30(48-26(4)41)20-39-25(3)40)19-33(46-22-44-7)34(28)37(43)47-24(23)2/h8-14,16-19,23-24,30-32,35H,15,20-22H2,1-7H3,(H,39,40)/b14-11?,17-16-/t23-,24+,30?,31?,32+,35-/m1/s1. The number of cyclic esters (lactones) is 1. The quantitative estimate of drug-likeness (QED) is 0.144. The summed E-state index contributed by atoms with van der Waals surface area (Å²) in [5.74, 6) is -2.85. The lowest BCUT2D eigenvalue weighted by atomic mass is 9.98. The summed E-state index contributed by atoms with van der Waals surface area (Å²) >= 11 is 0. The zero-order valence-corrected chi connectivity index (χ0v) is 30.0. The second kappa shape index (κ2) is 18.0. The number of carbonyl (C=O) groups is 4. The van der Waals surface area contributed by atoms with Gasteiger partial charge in [0.25, 0.3) is 0 Å². The molecule has 0 saturated carbocycles. The normalized spacial score (nSPS) is 24.1. The van der Waals surface area contributed by atoms with Crippen molar-refractivity contribution in [1.82, 2.24) is 5.32 Å². The molecule has 2 aliphatic heterocycles. The number of rotatable bonds is 11. The SMILES string of the molecule is COCOc1cc(OCC(CNC(C)=O)OC(C)=O)cc2c1C(=O)O[C@@H](C)[C@H](C)/C=C\C(OC(=O)c1ccccc1)[C@H]1OC(C)(C)O[C@H]1CC=C2. The maximum absolute atomic E-state index is 13.8. The fourth-order valence-corrected chi connectivity index (χ4v) is 5.51. The Morgan fingerprint density at radius 3 is 2.45 bits per heavy atom. The van der Waals surface area contributed by atoms with Crippen molar-refractivity contribution in [2.75, 3.05) is 27.1 Å². The number of benzene rings is 2. The van der Waals surface area contributed by atoms with E-state index in [0.29, 0.717) is 17.5 Å². The smallest absolute Gasteiger partial charge is 0.342 e. The summed E-state index contributed by atoms with van der Waals surface area (Å²) in [7, 11) is 1.45. The van der Waals surface area contributed by atoms with Crippen molar-refractivity contribution in [3.8, 4) is 11.5 Å². The van der Waals surface area contributed by atoms with Crippen molar-refractivity contribution < 1.29 is 57.1 Å². The third-order valence-corrected chi connectivity index (χ3v) is 8.09. The average Bonchev–Trinajstić information content (AvgIpc) is 3.39. The van der Waals surface area contributed by atoms with Gasteiger partial charge >= 0.3 is 17.9 Å². The van der Waals surface area contributed by atoms with Gasteiger partial charge in [0, 0.05) is 32.9 Å². The van der Waals surface area contributed by atoms with Crippen LogP contribution in [0.2, 0.25) is 0 Å². The Labute approximate surface area is 298 Å². The summed E-state index contributed by atoms with van der Waals surface area (Å²) in [6, 6.07) is 11.8. The second-order valence-electron chi connectivity index (χ2n) is 12.8. The molecule has 2 aromatic rings. The summed E-state index contributed by atoms with van der Waals surface area (Å²) in [6.07, 6.45) is 4.00. The van der Waals surface area contributed by atoms with Crippen molar-refractivity contribution in [2.45, 2.75) is 84.3 Å². The molecule has 13 heteroatoms. The van der Waals surface area contributed by atoms with E-state index in [0.717, 1.165) is 0 Å². The van der Waals surface area contributed by atoms with Gasteiger partial charge in [-0.15, -0.1) is 0 Å². The maximum Gasteiger partial charge on any atom is 0.342 e. The molecule has 0 bridgehead atoms. The van der Waals surface area contributed by atoms with Crippen molar-refractivity contribution in [3.63, 3.8) is 0 Å². The van der Waals surface area contributed by atoms with Crippen LogP contribution in [-0.2, 0) is 38.0 Å². The minimum absolute atomic E-state index is 0.0340. The number of carbonyl (C=O) groups excluding carboxylic acids is 4. The number of ether oxygens (including phenoxy) is 8. The molecule has 4 rings (SSSR count). The van der Waals surface area contributed by atoms with Gasteiger partial charge in [0.15, 0.2) is 18.7 Å². The number of amides is 1. The van der Waals surface area contributed by atoms with Crippen LogP contribution in [0.1, 0.15) is 74.2 Å². The summed E-state index contributed by atoms with van der Waals surface area (Å²) in [5.41, 5.74) is 0.940. The number of fused-ring (bicyclic) bond motifs is 2. The third kappa shape index (κ3) is 11.4. The van der Waals surface area contributed by atoms with Gasteiger partial charge in [-0.1, -0.05) is 43.4 Å². The van der Waals surface area contributed by atoms with Crippen LogP contribution in [0.5, 0.6) is 11.5 Å². The summed E-state index contributed by atoms with van der Waals surface area (Å²) in [6.45, 7) is 9.60. The van der Waals surface area contributed by atoms with Crippen LogP contribution in [-0.4, -0.2) is 87.2 Å². The van der Waals surface area contributed by atoms with Crippen molar-refractivity contribution in [1.29, 1.82) is 0 Å². The highest BCUT2D eigenvalue weighted by atomic mass is 16.8. The van der Waals surface area contributed by atoms with Crippen molar-refractivity contribution in [3.05, 3.63) is 77.4 Å². The van der Waals surface area contributed by atoms with E-state index in [9.17, 15) is 19.2 Å². The Balaban J connectivity index is 1.72. The van der Waals surface area contributed by atoms with Crippen LogP contribution >= 0.6 is 0 Å². The molecular weight excluding hydrogens is 662 g/mol. The predicted molar refractivity (Wildman–Crippen MR) is 185 cm³/mol. The van der Waals surface area contributed by atoms with E-state index < -0.39 is 54.2 Å². The Kier molecular flexibility index (Phi) is 13.8. The van der Waals surface area contributed by atoms with E-state index in [4.69, 9.17) is 37.9 Å². The van der Waals surface area contributed by atoms with E-state index in [2.05, 4.69) is 5.32 Å². The Bertz CT molecular complexity index is 1590. The lowest BCUT2D eigenvalue weighted by Crippen LogP contribution is -2.37. The number of nitrogens with one attached hydrogen (secondary N) is 1. The lowest BCUT2D eigenvalue weighted by molar-refractivity contribution is -0.152. The highest BCUT2D eigenvalue weighted by Gasteiger charge is 2.45. The van der Waals surface area contributed by atoms with E-state index >= 15 is 0 Å². The van der Waals surface area contributed by atoms with E-state index in [-0.39, 0.29) is 48.8 Å². The van der Waals surface area contributed by atoms with Gasteiger partial charge in [-0.3, -0.25) is 9.59 Å². The number of hydrogen-bond acceptors (Lipinski definition) is 12. The monoisotopic (exact) mass is 709 g/mol. The highest BCUT2D eigenvalue weighted by Crippen LogP contribution is 2.36. The van der Waals surface area contributed by atoms with Crippen LogP contribution < -0.4 is 14.8 Å². The van der Waals surface area contributed by atoms with Gasteiger partial charge in [-0.25, -0.2) is 9.59 Å². The van der Waals surface area contributed by atoms with Gasteiger partial charge in [-0.05, 0) is 57.0 Å². The van der Waals surface area contributed by atoms with Crippen LogP contribution in [0.25, 0.3) is 6.08 Å². The van der Waals surface area contributed by atoms with Gasteiger partial charge in [-0.2, -0.15) is 0 Å². The Hall–Kier alpha value is -4.72. The number of hydrogen-bond donors (Lipinski definition) is 1. The Morgan fingerprint density at radius 1 is 1.02 bits per heavy atom. The second-order valence-corrected chi connectivity index (χ2v) is 12.8. The topological polar surface area (TPSA) is 154 Å². The average molecular weight is 710 g/mol. The molecule has 2 aromatic carbocycles. The van der Waals surface area contributed by atoms with Gasteiger partial charge in [0.05, 0.1) is 18.2 Å². The summed E-state index contributed by atoms with van der Waals surface area (Å²) in [4.78, 5) is 50.3. The molecule has 13 nitrogen and oxygen atoms in total. The van der Waals surface area contributed by atoms with Gasteiger partial charge in [0.2, 0.25) is 5.91 Å². The molecule has 1 saturated heterocycles. The van der Waals surface area contributed by atoms with Crippen molar-refractivity contribution >= 4 is 29.9 Å². The van der Waals surface area contributed by atoms with Gasteiger partial charge in [0.1, 0.15) is 42.0 Å². The summed E-state index contributed by atoms with van der Waals surface area (Å²) < 4.78 is 46.9. The molecular formula is C38H47NO12. The minimum Gasteiger partial charge on any atom is -0.489 e. The van der Waals surface area contributed by atoms with E-state index in [1.807, 2.05) is 25.1 Å². The molecule has 6 atom stereocenters. The third-order valence-electron chi connectivity index (χ3n) is 8.09. The van der Waals surface area contributed by atoms with E-state index in [1.54, 1.807) is 63.3 Å². The molecule has 2 aliphatic rings. The van der Waals surface area contributed by atoms with Crippen molar-refractivity contribution in [2.24, 2.45) is 5.92 Å². The minimum atomic E-state index is -0.976. The molecule has 0 aromatic heterocycles. The van der Waals surface area contributed by atoms with E-state index in [1.165, 1.54) is 27.0 Å². The predicted octanol–water partition coefficient (Wildman–Crippen LogP) is 5.02. The zero-order valence-electron chi connectivity index (χ0n) is 30.0. The first-order valence-corrected chi connectivity index (χ1v) is 16.8. The molecule has 0 radical (unpaired) electrons. The highest BCUT2D eigenvalue weighted by molar-refractivity contribution is 5.97. The van der Waals surface area contributed by atoms with Gasteiger partial charge < -0.3 is 43.2 Å². The number of methoxy groups -OCH3 is 1. The number of esters is 3. The first-order valence-electron chi connectivity index (χ1n) is 16.8. The molecule has 51 heavy (non-hydrogen) atoms. The lowest BCUT2D eigenvalue weighted by Gasteiger charge is -2.26. The molecule has 1 N–H and O–H groups in total. The van der Waals surface area contributed by atoms with Crippen LogP contribution in [0, 0.1) is 5.92 Å². The van der Waals surface area contributed by atoms with Crippen LogP contribution in [0.4, 0.5) is 0 Å². The largest absolute Gasteiger partial charge is 0.489 e. The Morgan fingerprint density at radius 2 is 1.76 bits per heavy atom. The zero-order chi connectivity index (χ0) is 37.1. The first kappa shape index (κ1) is 39.1.